The van der Waals surface area contributed by atoms with Crippen LogP contribution in [0.3, 0.4) is 0 Å². The first-order chi connectivity index (χ1) is 12.0. The Morgan fingerprint density at radius 2 is 2.04 bits per heavy atom. The van der Waals surface area contributed by atoms with Crippen molar-refractivity contribution in [2.45, 2.75) is 45.2 Å². The predicted octanol–water partition coefficient (Wildman–Crippen LogP) is 1.58. The molecule has 2 fully saturated rings. The molecule has 2 aromatic rings. The van der Waals surface area contributed by atoms with Gasteiger partial charge in [0.05, 0.1) is 10.9 Å². The highest BCUT2D eigenvalue weighted by molar-refractivity contribution is 5.85. The van der Waals surface area contributed by atoms with Gasteiger partial charge >= 0.3 is 5.69 Å². The van der Waals surface area contributed by atoms with Crippen LogP contribution in [0.1, 0.15) is 37.8 Å². The number of halogens is 1. The van der Waals surface area contributed by atoms with Crippen molar-refractivity contribution >= 4 is 29.1 Å². The summed E-state index contributed by atoms with van der Waals surface area (Å²) in [5.41, 5.74) is 1.04. The second kappa shape index (κ2) is 7.04. The van der Waals surface area contributed by atoms with Crippen molar-refractivity contribution in [3.63, 3.8) is 0 Å². The Hall–Kier alpha value is -1.86. The van der Waals surface area contributed by atoms with Gasteiger partial charge in [-0.3, -0.25) is 14.3 Å². The minimum absolute atomic E-state index is 0. The maximum absolute atomic E-state index is 12.4. The van der Waals surface area contributed by atoms with E-state index >= 15 is 0 Å². The molecule has 0 radical (unpaired) electrons. The molecule has 2 N–H and O–H groups in total. The first-order valence-corrected chi connectivity index (χ1v) is 9.07. The van der Waals surface area contributed by atoms with E-state index in [4.69, 9.17) is 0 Å². The van der Waals surface area contributed by atoms with Crippen LogP contribution in [0.25, 0.3) is 10.9 Å². The Morgan fingerprint density at radius 3 is 2.69 bits per heavy atom. The number of nitrogens with one attached hydrogen (secondary N) is 2. The average Bonchev–Trinajstić information content (AvgIpc) is 3.30. The van der Waals surface area contributed by atoms with Crippen molar-refractivity contribution < 1.29 is 0 Å². The zero-order valence-corrected chi connectivity index (χ0v) is 16.2. The van der Waals surface area contributed by atoms with E-state index in [2.05, 4.69) is 27.1 Å². The van der Waals surface area contributed by atoms with Gasteiger partial charge < -0.3 is 10.2 Å². The molecular formula is C18H26ClN5O2. The smallest absolute Gasteiger partial charge is 0.329 e. The van der Waals surface area contributed by atoms with Crippen molar-refractivity contribution in [2.75, 3.05) is 25.0 Å². The molecule has 1 aliphatic carbocycles. The third kappa shape index (κ3) is 3.03. The number of aromatic amines is 1. The number of rotatable bonds is 4. The highest BCUT2D eigenvalue weighted by Crippen LogP contribution is 2.37. The Labute approximate surface area is 158 Å². The van der Waals surface area contributed by atoms with Gasteiger partial charge in [0.2, 0.25) is 0 Å². The van der Waals surface area contributed by atoms with E-state index in [9.17, 15) is 9.59 Å². The molecule has 1 saturated heterocycles. The Balaban J connectivity index is 0.00000196. The lowest BCUT2D eigenvalue weighted by atomic mass is 10.0. The summed E-state index contributed by atoms with van der Waals surface area (Å²) in [7, 11) is 1.99. The first kappa shape index (κ1) is 18.9. The summed E-state index contributed by atoms with van der Waals surface area (Å²) >= 11 is 0. The van der Waals surface area contributed by atoms with Crippen LogP contribution in [0, 0.1) is 12.8 Å². The van der Waals surface area contributed by atoms with Gasteiger partial charge in [-0.25, -0.2) is 9.78 Å². The van der Waals surface area contributed by atoms with Crippen LogP contribution in [0.4, 0.5) is 5.82 Å². The summed E-state index contributed by atoms with van der Waals surface area (Å²) < 4.78 is 1.76. The molecule has 7 nitrogen and oxygen atoms in total. The standard InChI is InChI=1S/C18H25N5O2.ClH/c1-10-15-14(17(24)21-18(25)23(15)13-4-5-13)8-20-16(10)22-7-6-12(9-22)11(2)19-3;/h8,11-13,19H,4-7,9H2,1-3H3,(H,21,24,25);1H/t11-,12?;/m0./s1. The molecule has 2 aromatic heterocycles. The summed E-state index contributed by atoms with van der Waals surface area (Å²) in [5.74, 6) is 1.48. The summed E-state index contributed by atoms with van der Waals surface area (Å²) in [6, 6.07) is 0.662. The highest BCUT2D eigenvalue weighted by atomic mass is 35.5. The monoisotopic (exact) mass is 379 g/mol. The molecule has 1 unspecified atom stereocenters. The zero-order valence-electron chi connectivity index (χ0n) is 15.4. The van der Waals surface area contributed by atoms with E-state index < -0.39 is 0 Å². The van der Waals surface area contributed by atoms with Crippen molar-refractivity contribution in [2.24, 2.45) is 5.92 Å². The van der Waals surface area contributed by atoms with Crippen molar-refractivity contribution in [1.29, 1.82) is 0 Å². The molecule has 1 aliphatic heterocycles. The molecule has 2 atom stereocenters. The number of aryl methyl sites for hydroxylation is 1. The number of anilines is 1. The van der Waals surface area contributed by atoms with Gasteiger partial charge in [-0.05, 0) is 46.1 Å². The maximum atomic E-state index is 12.4. The van der Waals surface area contributed by atoms with E-state index in [-0.39, 0.29) is 29.7 Å². The van der Waals surface area contributed by atoms with Gasteiger partial charge in [0.1, 0.15) is 5.82 Å². The van der Waals surface area contributed by atoms with E-state index in [0.717, 1.165) is 49.2 Å². The maximum Gasteiger partial charge on any atom is 0.329 e. The number of hydrogen-bond acceptors (Lipinski definition) is 5. The Bertz CT molecular complexity index is 934. The Kier molecular flexibility index (Phi) is 5.12. The van der Waals surface area contributed by atoms with Crippen LogP contribution in [-0.4, -0.2) is 40.7 Å². The molecule has 1 saturated carbocycles. The van der Waals surface area contributed by atoms with Gasteiger partial charge in [0, 0.05) is 36.9 Å². The lowest BCUT2D eigenvalue weighted by Crippen LogP contribution is -2.33. The van der Waals surface area contributed by atoms with Gasteiger partial charge in [-0.15, -0.1) is 12.4 Å². The van der Waals surface area contributed by atoms with E-state index in [1.807, 2.05) is 14.0 Å². The van der Waals surface area contributed by atoms with Crippen LogP contribution in [0.5, 0.6) is 0 Å². The van der Waals surface area contributed by atoms with E-state index in [1.165, 1.54) is 0 Å². The predicted molar refractivity (Wildman–Crippen MR) is 106 cm³/mol. The second-order valence-electron chi connectivity index (χ2n) is 7.40. The number of H-pyrrole nitrogens is 1. The highest BCUT2D eigenvalue weighted by Gasteiger charge is 2.31. The topological polar surface area (TPSA) is 83.0 Å². The third-order valence-corrected chi connectivity index (χ3v) is 5.79. The molecule has 26 heavy (non-hydrogen) atoms. The van der Waals surface area contributed by atoms with Crippen molar-refractivity contribution in [1.82, 2.24) is 19.9 Å². The van der Waals surface area contributed by atoms with Gasteiger partial charge in [-0.2, -0.15) is 0 Å². The minimum atomic E-state index is -0.345. The number of fused-ring (bicyclic) bond motifs is 1. The quantitative estimate of drug-likeness (QED) is 0.842. The first-order valence-electron chi connectivity index (χ1n) is 9.07. The fourth-order valence-corrected chi connectivity index (χ4v) is 4.02. The van der Waals surface area contributed by atoms with Crippen LogP contribution in [0.2, 0.25) is 0 Å². The molecule has 3 heterocycles. The Morgan fingerprint density at radius 1 is 1.31 bits per heavy atom. The number of aromatic nitrogens is 3. The molecule has 0 aromatic carbocycles. The van der Waals surface area contributed by atoms with Crippen molar-refractivity contribution in [3.05, 3.63) is 32.6 Å². The van der Waals surface area contributed by atoms with Gasteiger partial charge in [-0.1, -0.05) is 0 Å². The molecule has 8 heteroatoms. The van der Waals surface area contributed by atoms with Crippen LogP contribution in [-0.2, 0) is 0 Å². The molecule has 4 rings (SSSR count). The number of pyridine rings is 1. The molecule has 2 aliphatic rings. The zero-order chi connectivity index (χ0) is 17.7. The largest absolute Gasteiger partial charge is 0.356 e. The fraction of sp³-hybridized carbons (Fsp3) is 0.611. The fourth-order valence-electron chi connectivity index (χ4n) is 4.02. The van der Waals surface area contributed by atoms with Gasteiger partial charge in [0.25, 0.3) is 5.56 Å². The molecular weight excluding hydrogens is 354 g/mol. The number of nitrogens with zero attached hydrogens (tertiary/aromatic N) is 3. The van der Waals surface area contributed by atoms with E-state index in [0.29, 0.717) is 17.3 Å². The van der Waals surface area contributed by atoms with Crippen LogP contribution in [0.15, 0.2) is 15.8 Å². The minimum Gasteiger partial charge on any atom is -0.356 e. The summed E-state index contributed by atoms with van der Waals surface area (Å²) in [6.45, 7) is 6.08. The third-order valence-electron chi connectivity index (χ3n) is 5.79. The lowest BCUT2D eigenvalue weighted by molar-refractivity contribution is 0.428. The normalized spacial score (nSPS) is 21.0. The summed E-state index contributed by atoms with van der Waals surface area (Å²) in [4.78, 5) is 33.9. The SMILES string of the molecule is CN[C@@H](C)C1CCN(c2ncc3c(=O)[nH]c(=O)n(C4CC4)c3c2C)C1.Cl. The summed E-state index contributed by atoms with van der Waals surface area (Å²) in [6.07, 6.45) is 4.73. The van der Waals surface area contributed by atoms with Crippen LogP contribution < -0.4 is 21.5 Å². The van der Waals surface area contributed by atoms with Gasteiger partial charge in [0.15, 0.2) is 0 Å². The summed E-state index contributed by atoms with van der Waals surface area (Å²) in [5, 5.41) is 3.84. The molecule has 0 spiro atoms. The molecule has 0 amide bonds. The molecule has 0 bridgehead atoms. The molecule has 142 valence electrons. The number of hydrogen-bond donors (Lipinski definition) is 2. The lowest BCUT2D eigenvalue weighted by Gasteiger charge is -2.23. The van der Waals surface area contributed by atoms with Crippen LogP contribution >= 0.6 is 12.4 Å². The van der Waals surface area contributed by atoms with Crippen molar-refractivity contribution in [3.8, 4) is 0 Å². The second-order valence-corrected chi connectivity index (χ2v) is 7.40. The average molecular weight is 380 g/mol. The van der Waals surface area contributed by atoms with E-state index in [1.54, 1.807) is 10.8 Å².